The van der Waals surface area contributed by atoms with Crippen LogP contribution in [0.3, 0.4) is 0 Å². The first kappa shape index (κ1) is 15.4. The van der Waals surface area contributed by atoms with E-state index < -0.39 is 0 Å². The molecule has 1 N–H and O–H groups in total. The second-order valence-electron chi connectivity index (χ2n) is 4.09. The SMILES string of the molecule is CCOc1ccc(Cl)cc1NC(=O)c1cc(C)c(Br)s1. The average molecular weight is 375 g/mol. The number of carbonyl (C=O) groups excluding carboxylic acids is 1. The van der Waals surface area contributed by atoms with Crippen molar-refractivity contribution in [2.45, 2.75) is 13.8 Å². The van der Waals surface area contributed by atoms with Crippen molar-refractivity contribution >= 4 is 50.5 Å². The summed E-state index contributed by atoms with van der Waals surface area (Å²) in [7, 11) is 0. The highest BCUT2D eigenvalue weighted by Gasteiger charge is 2.14. The Kier molecular flexibility index (Phi) is 5.07. The summed E-state index contributed by atoms with van der Waals surface area (Å²) in [4.78, 5) is 12.9. The zero-order valence-corrected chi connectivity index (χ0v) is 14.2. The van der Waals surface area contributed by atoms with E-state index in [1.807, 2.05) is 19.9 Å². The van der Waals surface area contributed by atoms with Gasteiger partial charge in [0, 0.05) is 5.02 Å². The number of nitrogens with one attached hydrogen (secondary N) is 1. The van der Waals surface area contributed by atoms with Gasteiger partial charge in [-0.2, -0.15) is 0 Å². The number of rotatable bonds is 4. The Morgan fingerprint density at radius 3 is 2.80 bits per heavy atom. The van der Waals surface area contributed by atoms with Gasteiger partial charge < -0.3 is 10.1 Å². The molecule has 6 heteroatoms. The molecule has 2 rings (SSSR count). The van der Waals surface area contributed by atoms with Gasteiger partial charge >= 0.3 is 0 Å². The lowest BCUT2D eigenvalue weighted by Crippen LogP contribution is -2.11. The van der Waals surface area contributed by atoms with E-state index in [-0.39, 0.29) is 5.91 Å². The van der Waals surface area contributed by atoms with Crippen LogP contribution in [0.15, 0.2) is 28.1 Å². The monoisotopic (exact) mass is 373 g/mol. The number of anilines is 1. The number of amides is 1. The lowest BCUT2D eigenvalue weighted by Gasteiger charge is -2.11. The summed E-state index contributed by atoms with van der Waals surface area (Å²) in [5.41, 5.74) is 1.61. The minimum absolute atomic E-state index is 0.174. The van der Waals surface area contributed by atoms with Gasteiger partial charge in [-0.25, -0.2) is 0 Å². The maximum Gasteiger partial charge on any atom is 0.265 e. The van der Waals surface area contributed by atoms with Gasteiger partial charge in [0.05, 0.1) is 21.0 Å². The molecule has 106 valence electrons. The summed E-state index contributed by atoms with van der Waals surface area (Å²) in [6.07, 6.45) is 0. The highest BCUT2D eigenvalue weighted by Crippen LogP contribution is 2.31. The molecular weight excluding hydrogens is 362 g/mol. The predicted octanol–water partition coefficient (Wildman–Crippen LogP) is 5.12. The van der Waals surface area contributed by atoms with Crippen molar-refractivity contribution in [3.63, 3.8) is 0 Å². The molecule has 1 aromatic carbocycles. The minimum Gasteiger partial charge on any atom is -0.492 e. The standard InChI is InChI=1S/C14H13BrClNO2S/c1-3-19-11-5-4-9(16)7-10(11)17-14(18)12-6-8(2)13(15)20-12/h4-7H,3H2,1-2H3,(H,17,18). The van der Waals surface area contributed by atoms with Crippen LogP contribution in [0.4, 0.5) is 5.69 Å². The first-order chi connectivity index (χ1) is 9.51. The van der Waals surface area contributed by atoms with Crippen molar-refractivity contribution in [3.05, 3.63) is 43.5 Å². The molecule has 1 amide bonds. The third-order valence-electron chi connectivity index (χ3n) is 2.57. The van der Waals surface area contributed by atoms with Gasteiger partial charge in [-0.3, -0.25) is 4.79 Å². The molecule has 0 spiro atoms. The molecule has 20 heavy (non-hydrogen) atoms. The molecule has 0 radical (unpaired) electrons. The van der Waals surface area contributed by atoms with Gasteiger partial charge in [-0.15, -0.1) is 11.3 Å². The van der Waals surface area contributed by atoms with Crippen LogP contribution in [0.5, 0.6) is 5.75 Å². The Morgan fingerprint density at radius 2 is 2.20 bits per heavy atom. The number of halogens is 2. The number of thiophene rings is 1. The first-order valence-corrected chi connectivity index (χ1v) is 7.99. The van der Waals surface area contributed by atoms with Crippen molar-refractivity contribution in [2.75, 3.05) is 11.9 Å². The molecule has 0 saturated carbocycles. The number of hydrogen-bond acceptors (Lipinski definition) is 3. The fraction of sp³-hybridized carbons (Fsp3) is 0.214. The fourth-order valence-corrected chi connectivity index (χ4v) is 3.24. The largest absolute Gasteiger partial charge is 0.492 e. The molecule has 2 aromatic rings. The van der Waals surface area contributed by atoms with Crippen molar-refractivity contribution in [2.24, 2.45) is 0 Å². The molecule has 1 aromatic heterocycles. The zero-order valence-electron chi connectivity index (χ0n) is 11.0. The molecule has 0 aliphatic rings. The molecular formula is C14H13BrClNO2S. The van der Waals surface area contributed by atoms with Crippen LogP contribution in [0, 0.1) is 6.92 Å². The minimum atomic E-state index is -0.174. The van der Waals surface area contributed by atoms with Gasteiger partial charge in [-0.05, 0) is 59.6 Å². The second-order valence-corrected chi connectivity index (χ2v) is 6.90. The third kappa shape index (κ3) is 3.53. The Balaban J connectivity index is 2.24. The number of benzene rings is 1. The molecule has 0 saturated heterocycles. The molecule has 1 heterocycles. The second kappa shape index (κ2) is 6.61. The third-order valence-corrected chi connectivity index (χ3v) is 4.94. The van der Waals surface area contributed by atoms with E-state index in [9.17, 15) is 4.79 Å². The van der Waals surface area contributed by atoms with E-state index in [4.69, 9.17) is 16.3 Å². The van der Waals surface area contributed by atoms with Gasteiger partial charge in [-0.1, -0.05) is 11.6 Å². The van der Waals surface area contributed by atoms with Gasteiger partial charge in [0.25, 0.3) is 5.91 Å². The van der Waals surface area contributed by atoms with Crippen molar-refractivity contribution in [1.82, 2.24) is 0 Å². The van der Waals surface area contributed by atoms with Crippen molar-refractivity contribution in [1.29, 1.82) is 0 Å². The quantitative estimate of drug-likeness (QED) is 0.806. The smallest absolute Gasteiger partial charge is 0.265 e. The van der Waals surface area contributed by atoms with E-state index in [0.717, 1.165) is 9.35 Å². The summed E-state index contributed by atoms with van der Waals surface area (Å²) >= 11 is 10.8. The van der Waals surface area contributed by atoms with Crippen molar-refractivity contribution < 1.29 is 9.53 Å². The molecule has 0 aliphatic heterocycles. The van der Waals surface area contributed by atoms with Crippen LogP contribution in [0.2, 0.25) is 5.02 Å². The number of ether oxygens (including phenoxy) is 1. The molecule has 0 aliphatic carbocycles. The predicted molar refractivity (Wildman–Crippen MR) is 87.3 cm³/mol. The summed E-state index contributed by atoms with van der Waals surface area (Å²) in [6, 6.07) is 7.00. The summed E-state index contributed by atoms with van der Waals surface area (Å²) in [5, 5.41) is 3.38. The molecule has 0 bridgehead atoms. The van der Waals surface area contributed by atoms with Crippen LogP contribution in [-0.4, -0.2) is 12.5 Å². The van der Waals surface area contributed by atoms with Gasteiger partial charge in [0.1, 0.15) is 5.75 Å². The van der Waals surface area contributed by atoms with Crippen LogP contribution in [-0.2, 0) is 0 Å². The Bertz CT molecular complexity index is 623. The lowest BCUT2D eigenvalue weighted by molar-refractivity contribution is 0.103. The Morgan fingerprint density at radius 1 is 1.45 bits per heavy atom. The maximum absolute atomic E-state index is 12.2. The van der Waals surface area contributed by atoms with Crippen LogP contribution in [0.25, 0.3) is 0 Å². The highest BCUT2D eigenvalue weighted by molar-refractivity contribution is 9.11. The Labute approximate surface area is 135 Å². The lowest BCUT2D eigenvalue weighted by atomic mass is 10.2. The van der Waals surface area contributed by atoms with E-state index in [2.05, 4.69) is 21.2 Å². The summed E-state index contributed by atoms with van der Waals surface area (Å²) < 4.78 is 6.44. The van der Waals surface area contributed by atoms with Gasteiger partial charge in [0.2, 0.25) is 0 Å². The number of hydrogen-bond donors (Lipinski definition) is 1. The highest BCUT2D eigenvalue weighted by atomic mass is 79.9. The molecule has 0 fully saturated rings. The molecule has 3 nitrogen and oxygen atoms in total. The normalized spacial score (nSPS) is 10.4. The number of carbonyl (C=O) groups is 1. The maximum atomic E-state index is 12.2. The van der Waals surface area contributed by atoms with Crippen molar-refractivity contribution in [3.8, 4) is 5.75 Å². The van der Waals surface area contributed by atoms with E-state index >= 15 is 0 Å². The molecule has 0 atom stereocenters. The summed E-state index contributed by atoms with van der Waals surface area (Å²) in [5.74, 6) is 0.435. The fourth-order valence-electron chi connectivity index (χ4n) is 1.64. The van der Waals surface area contributed by atoms with Gasteiger partial charge in [0.15, 0.2) is 0 Å². The van der Waals surface area contributed by atoms with E-state index in [1.165, 1.54) is 11.3 Å². The summed E-state index contributed by atoms with van der Waals surface area (Å²) in [6.45, 7) is 4.36. The van der Waals surface area contributed by atoms with Crippen LogP contribution >= 0.6 is 38.9 Å². The topological polar surface area (TPSA) is 38.3 Å². The first-order valence-electron chi connectivity index (χ1n) is 6.01. The van der Waals surface area contributed by atoms with E-state index in [1.54, 1.807) is 18.2 Å². The molecule has 0 unspecified atom stereocenters. The zero-order chi connectivity index (χ0) is 14.7. The Hall–Kier alpha value is -1.04. The van der Waals surface area contributed by atoms with E-state index in [0.29, 0.717) is 27.9 Å². The average Bonchev–Trinajstić information content (AvgIpc) is 2.73. The number of aryl methyl sites for hydroxylation is 1. The van der Waals surface area contributed by atoms with Crippen LogP contribution < -0.4 is 10.1 Å². The van der Waals surface area contributed by atoms with Crippen LogP contribution in [0.1, 0.15) is 22.2 Å².